The molecule has 0 saturated carbocycles. The lowest BCUT2D eigenvalue weighted by Crippen LogP contribution is -2.37. The second-order valence-electron chi connectivity index (χ2n) is 6.49. The normalized spacial score (nSPS) is 10.9. The third-order valence-corrected chi connectivity index (χ3v) is 5.00. The van der Waals surface area contributed by atoms with Crippen molar-refractivity contribution in [3.8, 4) is 16.3 Å². The van der Waals surface area contributed by atoms with Gasteiger partial charge in [-0.2, -0.15) is 0 Å². The van der Waals surface area contributed by atoms with Crippen LogP contribution in [0.15, 0.2) is 48.5 Å². The number of aromatic nitrogens is 2. The Hall–Kier alpha value is -2.73. The van der Waals surface area contributed by atoms with Crippen LogP contribution in [0.25, 0.3) is 10.6 Å². The van der Waals surface area contributed by atoms with Crippen molar-refractivity contribution < 1.29 is 9.53 Å². The van der Waals surface area contributed by atoms with Gasteiger partial charge in [0.25, 0.3) is 5.91 Å². The van der Waals surface area contributed by atoms with Gasteiger partial charge in [-0.05, 0) is 64.1 Å². The summed E-state index contributed by atoms with van der Waals surface area (Å²) in [5.41, 5.74) is 2.66. The van der Waals surface area contributed by atoms with Gasteiger partial charge in [0, 0.05) is 17.2 Å². The predicted octanol–water partition coefficient (Wildman–Crippen LogP) is 4.97. The van der Waals surface area contributed by atoms with Gasteiger partial charge in [0.2, 0.25) is 5.13 Å². The Morgan fingerprint density at radius 2 is 1.89 bits per heavy atom. The van der Waals surface area contributed by atoms with Crippen LogP contribution in [0, 0.1) is 6.92 Å². The van der Waals surface area contributed by atoms with E-state index in [-0.39, 0.29) is 11.9 Å². The van der Waals surface area contributed by atoms with Crippen molar-refractivity contribution in [2.45, 2.75) is 33.7 Å². The van der Waals surface area contributed by atoms with Gasteiger partial charge in [0.05, 0.1) is 6.61 Å². The molecule has 0 unspecified atom stereocenters. The second-order valence-corrected chi connectivity index (χ2v) is 7.44. The first-order valence-corrected chi connectivity index (χ1v) is 9.78. The van der Waals surface area contributed by atoms with E-state index in [1.807, 2.05) is 76.2 Å². The summed E-state index contributed by atoms with van der Waals surface area (Å²) in [6, 6.07) is 15.3. The van der Waals surface area contributed by atoms with Crippen LogP contribution in [-0.2, 0) is 0 Å². The van der Waals surface area contributed by atoms with E-state index < -0.39 is 0 Å². The van der Waals surface area contributed by atoms with E-state index in [0.29, 0.717) is 17.3 Å². The van der Waals surface area contributed by atoms with Crippen LogP contribution in [0.5, 0.6) is 5.75 Å². The van der Waals surface area contributed by atoms with E-state index in [1.54, 1.807) is 4.90 Å². The number of rotatable bonds is 6. The van der Waals surface area contributed by atoms with Crippen molar-refractivity contribution in [2.24, 2.45) is 0 Å². The standard InChI is InChI=1S/C21H23N3O2S/c1-5-26-18-11-9-16(10-12-18)19-22-23-21(27-19)24(14(2)3)20(25)17-8-6-7-15(4)13-17/h6-14H,5H2,1-4H3. The van der Waals surface area contributed by atoms with E-state index in [0.717, 1.165) is 21.9 Å². The SMILES string of the molecule is CCOc1ccc(-c2nnc(N(C(=O)c3cccc(C)c3)C(C)C)s2)cc1. The summed E-state index contributed by atoms with van der Waals surface area (Å²) in [6.45, 7) is 8.52. The van der Waals surface area contributed by atoms with Gasteiger partial charge < -0.3 is 4.74 Å². The summed E-state index contributed by atoms with van der Waals surface area (Å²) >= 11 is 1.41. The Morgan fingerprint density at radius 3 is 2.52 bits per heavy atom. The molecule has 3 aromatic rings. The van der Waals surface area contributed by atoms with Gasteiger partial charge in [0.1, 0.15) is 10.8 Å². The number of nitrogens with zero attached hydrogens (tertiary/aromatic N) is 3. The Morgan fingerprint density at radius 1 is 1.15 bits per heavy atom. The van der Waals surface area contributed by atoms with Gasteiger partial charge in [-0.15, -0.1) is 10.2 Å². The summed E-state index contributed by atoms with van der Waals surface area (Å²) in [5.74, 6) is 0.757. The van der Waals surface area contributed by atoms with Crippen molar-refractivity contribution >= 4 is 22.4 Å². The molecule has 0 atom stereocenters. The van der Waals surface area contributed by atoms with Crippen molar-refractivity contribution in [3.05, 3.63) is 59.7 Å². The maximum absolute atomic E-state index is 13.0. The molecule has 2 aromatic carbocycles. The minimum absolute atomic E-state index is 0.0286. The average molecular weight is 382 g/mol. The molecule has 6 heteroatoms. The largest absolute Gasteiger partial charge is 0.494 e. The Labute approximate surface area is 163 Å². The molecule has 1 amide bonds. The number of carbonyl (C=O) groups excluding carboxylic acids is 1. The molecule has 0 radical (unpaired) electrons. The molecule has 0 N–H and O–H groups in total. The Bertz CT molecular complexity index is 919. The summed E-state index contributed by atoms with van der Waals surface area (Å²) in [7, 11) is 0. The smallest absolute Gasteiger partial charge is 0.260 e. The van der Waals surface area contributed by atoms with Crippen molar-refractivity contribution in [2.75, 3.05) is 11.5 Å². The van der Waals surface area contributed by atoms with E-state index >= 15 is 0 Å². The summed E-state index contributed by atoms with van der Waals surface area (Å²) in [6.07, 6.45) is 0. The molecule has 5 nitrogen and oxygen atoms in total. The zero-order valence-corrected chi connectivity index (χ0v) is 16.8. The molecule has 0 saturated heterocycles. The van der Waals surface area contributed by atoms with Gasteiger partial charge >= 0.3 is 0 Å². The van der Waals surface area contributed by atoms with E-state index in [9.17, 15) is 4.79 Å². The van der Waals surface area contributed by atoms with Crippen molar-refractivity contribution in [3.63, 3.8) is 0 Å². The third kappa shape index (κ3) is 4.34. The molecular weight excluding hydrogens is 358 g/mol. The monoisotopic (exact) mass is 381 g/mol. The number of aryl methyl sites for hydroxylation is 1. The van der Waals surface area contributed by atoms with Crippen LogP contribution in [0.3, 0.4) is 0 Å². The number of amides is 1. The molecule has 0 aliphatic rings. The quantitative estimate of drug-likeness (QED) is 0.605. The molecule has 3 rings (SSSR count). The highest BCUT2D eigenvalue weighted by Crippen LogP contribution is 2.31. The lowest BCUT2D eigenvalue weighted by Gasteiger charge is -2.23. The molecular formula is C21H23N3O2S. The summed E-state index contributed by atoms with van der Waals surface area (Å²) in [5, 5.41) is 9.95. The maximum Gasteiger partial charge on any atom is 0.260 e. The second kappa shape index (κ2) is 8.31. The van der Waals surface area contributed by atoms with E-state index in [4.69, 9.17) is 4.74 Å². The average Bonchev–Trinajstić information content (AvgIpc) is 3.12. The summed E-state index contributed by atoms with van der Waals surface area (Å²) < 4.78 is 5.48. The fourth-order valence-electron chi connectivity index (χ4n) is 2.75. The van der Waals surface area contributed by atoms with Crippen LogP contribution in [0.2, 0.25) is 0 Å². The van der Waals surface area contributed by atoms with Gasteiger partial charge in [-0.3, -0.25) is 9.69 Å². The topological polar surface area (TPSA) is 55.3 Å². The number of ether oxygens (including phenoxy) is 1. The molecule has 27 heavy (non-hydrogen) atoms. The molecule has 0 aliphatic carbocycles. The summed E-state index contributed by atoms with van der Waals surface area (Å²) in [4.78, 5) is 14.7. The molecule has 140 valence electrons. The van der Waals surface area contributed by atoms with Gasteiger partial charge in [-0.25, -0.2) is 0 Å². The fraction of sp³-hybridized carbons (Fsp3) is 0.286. The molecule has 1 aromatic heterocycles. The maximum atomic E-state index is 13.0. The lowest BCUT2D eigenvalue weighted by molar-refractivity contribution is 0.0980. The van der Waals surface area contributed by atoms with Gasteiger partial charge in [0.15, 0.2) is 0 Å². The molecule has 0 spiro atoms. The predicted molar refractivity (Wildman–Crippen MR) is 110 cm³/mol. The zero-order valence-electron chi connectivity index (χ0n) is 16.0. The zero-order chi connectivity index (χ0) is 19.4. The van der Waals surface area contributed by atoms with E-state index in [2.05, 4.69) is 10.2 Å². The Kier molecular flexibility index (Phi) is 5.86. The van der Waals surface area contributed by atoms with Crippen molar-refractivity contribution in [1.29, 1.82) is 0 Å². The van der Waals surface area contributed by atoms with Crippen LogP contribution >= 0.6 is 11.3 Å². The highest BCUT2D eigenvalue weighted by molar-refractivity contribution is 7.18. The number of hydrogen-bond donors (Lipinski definition) is 0. The number of hydrogen-bond acceptors (Lipinski definition) is 5. The number of anilines is 1. The first kappa shape index (κ1) is 19.0. The minimum atomic E-state index is -0.0666. The van der Waals surface area contributed by atoms with Crippen LogP contribution in [0.1, 0.15) is 36.7 Å². The highest BCUT2D eigenvalue weighted by atomic mass is 32.1. The lowest BCUT2D eigenvalue weighted by atomic mass is 10.1. The minimum Gasteiger partial charge on any atom is -0.494 e. The highest BCUT2D eigenvalue weighted by Gasteiger charge is 2.24. The molecule has 0 bridgehead atoms. The number of carbonyl (C=O) groups is 1. The van der Waals surface area contributed by atoms with Crippen LogP contribution < -0.4 is 9.64 Å². The first-order chi connectivity index (χ1) is 13.0. The van der Waals surface area contributed by atoms with Crippen LogP contribution in [-0.4, -0.2) is 28.8 Å². The van der Waals surface area contributed by atoms with Crippen molar-refractivity contribution in [1.82, 2.24) is 10.2 Å². The number of benzene rings is 2. The van der Waals surface area contributed by atoms with Gasteiger partial charge in [-0.1, -0.05) is 29.0 Å². The van der Waals surface area contributed by atoms with Crippen LogP contribution in [0.4, 0.5) is 5.13 Å². The molecule has 0 aliphatic heterocycles. The Balaban J connectivity index is 1.88. The molecule has 0 fully saturated rings. The first-order valence-electron chi connectivity index (χ1n) is 8.96. The third-order valence-electron chi connectivity index (χ3n) is 4.03. The van der Waals surface area contributed by atoms with E-state index in [1.165, 1.54) is 11.3 Å². The molecule has 1 heterocycles. The fourth-order valence-corrected chi connectivity index (χ4v) is 3.73.